The Labute approximate surface area is 112 Å². The van der Waals surface area contributed by atoms with E-state index in [1.165, 1.54) is 21.9 Å². The highest BCUT2D eigenvalue weighted by atomic mass is 16.1. The first kappa shape index (κ1) is 13.5. The van der Waals surface area contributed by atoms with E-state index in [9.17, 15) is 4.79 Å². The molecule has 2 rings (SSSR count). The molecule has 0 spiro atoms. The molecule has 100 valence electrons. The van der Waals surface area contributed by atoms with Crippen molar-refractivity contribution in [1.29, 1.82) is 0 Å². The molecular weight excluding hydrogens is 238 g/mol. The molecule has 0 saturated carbocycles. The van der Waals surface area contributed by atoms with Crippen molar-refractivity contribution in [2.75, 3.05) is 0 Å². The second kappa shape index (κ2) is 5.36. The normalized spacial score (nSPS) is 12.4. The van der Waals surface area contributed by atoms with Gasteiger partial charge in [0.2, 0.25) is 0 Å². The Bertz CT molecular complexity index is 626. The van der Waals surface area contributed by atoms with Crippen LogP contribution in [0.3, 0.4) is 0 Å². The van der Waals surface area contributed by atoms with E-state index in [4.69, 9.17) is 5.73 Å². The number of aromatic nitrogens is 2. The molecule has 0 aliphatic carbocycles. The lowest BCUT2D eigenvalue weighted by Gasteiger charge is -2.15. The molecule has 0 saturated heterocycles. The van der Waals surface area contributed by atoms with Gasteiger partial charge in [0.15, 0.2) is 0 Å². The maximum Gasteiger partial charge on any atom is 0.266 e. The number of nitrogens with two attached hydrogens (primary N) is 1. The van der Waals surface area contributed by atoms with E-state index in [0.717, 1.165) is 11.3 Å². The van der Waals surface area contributed by atoms with Crippen LogP contribution in [0.15, 0.2) is 35.1 Å². The van der Waals surface area contributed by atoms with Crippen LogP contribution in [0, 0.1) is 20.8 Å². The van der Waals surface area contributed by atoms with E-state index in [1.54, 1.807) is 6.07 Å². The summed E-state index contributed by atoms with van der Waals surface area (Å²) in [5, 5.41) is 4.21. The van der Waals surface area contributed by atoms with Crippen molar-refractivity contribution >= 4 is 0 Å². The van der Waals surface area contributed by atoms with E-state index in [1.807, 2.05) is 20.8 Å². The van der Waals surface area contributed by atoms with Gasteiger partial charge in [0.25, 0.3) is 5.56 Å². The van der Waals surface area contributed by atoms with Crippen LogP contribution in [0.1, 0.15) is 28.4 Å². The maximum absolute atomic E-state index is 11.7. The molecule has 0 amide bonds. The van der Waals surface area contributed by atoms with Crippen LogP contribution in [0.4, 0.5) is 0 Å². The lowest BCUT2D eigenvalue weighted by molar-refractivity contribution is 0.499. The summed E-state index contributed by atoms with van der Waals surface area (Å²) in [5.74, 6) is 0. The van der Waals surface area contributed by atoms with Gasteiger partial charge in [-0.05, 0) is 32.4 Å². The third-order valence-electron chi connectivity index (χ3n) is 3.04. The van der Waals surface area contributed by atoms with E-state index in [2.05, 4.69) is 23.3 Å². The maximum atomic E-state index is 11.7. The first-order valence-electron chi connectivity index (χ1n) is 6.34. The first-order valence-corrected chi connectivity index (χ1v) is 6.34. The Morgan fingerprint density at radius 3 is 2.42 bits per heavy atom. The monoisotopic (exact) mass is 257 g/mol. The van der Waals surface area contributed by atoms with Crippen molar-refractivity contribution in [2.24, 2.45) is 5.73 Å². The first-order chi connectivity index (χ1) is 8.95. The molecule has 0 aliphatic heterocycles. The molecule has 1 heterocycles. The molecular formula is C15H19N3O. The zero-order valence-corrected chi connectivity index (χ0v) is 11.6. The van der Waals surface area contributed by atoms with Gasteiger partial charge in [-0.1, -0.05) is 29.3 Å². The van der Waals surface area contributed by atoms with Gasteiger partial charge in [0, 0.05) is 12.1 Å². The van der Waals surface area contributed by atoms with Crippen molar-refractivity contribution in [3.8, 4) is 0 Å². The van der Waals surface area contributed by atoms with E-state index >= 15 is 0 Å². The third-order valence-corrected chi connectivity index (χ3v) is 3.04. The molecule has 1 atom stereocenters. The fourth-order valence-corrected chi connectivity index (χ4v) is 2.20. The van der Waals surface area contributed by atoms with Crippen molar-refractivity contribution in [3.05, 3.63) is 63.1 Å². The summed E-state index contributed by atoms with van der Waals surface area (Å²) < 4.78 is 1.43. The standard InChI is InChI=1S/C15H19N3O/c1-10-6-11(2)8-13(7-10)14(16)9-18-15(19)5-4-12(3)17-18/h4-8,14H,9,16H2,1-3H3. The number of hydrogen-bond acceptors (Lipinski definition) is 3. The van der Waals surface area contributed by atoms with Crippen LogP contribution in [-0.4, -0.2) is 9.78 Å². The highest BCUT2D eigenvalue weighted by molar-refractivity contribution is 5.30. The van der Waals surface area contributed by atoms with Gasteiger partial charge >= 0.3 is 0 Å². The molecule has 0 fully saturated rings. The summed E-state index contributed by atoms with van der Waals surface area (Å²) in [7, 11) is 0. The lowest BCUT2D eigenvalue weighted by Crippen LogP contribution is -2.28. The fourth-order valence-electron chi connectivity index (χ4n) is 2.20. The summed E-state index contributed by atoms with van der Waals surface area (Å²) in [5.41, 5.74) is 10.3. The average Bonchev–Trinajstić information content (AvgIpc) is 2.32. The zero-order valence-electron chi connectivity index (χ0n) is 11.6. The van der Waals surface area contributed by atoms with Crippen molar-refractivity contribution in [2.45, 2.75) is 33.4 Å². The summed E-state index contributed by atoms with van der Waals surface area (Å²) in [6.07, 6.45) is 0. The van der Waals surface area contributed by atoms with Gasteiger partial charge in [-0.15, -0.1) is 0 Å². The topological polar surface area (TPSA) is 60.9 Å². The largest absolute Gasteiger partial charge is 0.322 e. The van der Waals surface area contributed by atoms with Gasteiger partial charge in [-0.25, -0.2) is 4.68 Å². The number of aryl methyl sites for hydroxylation is 3. The molecule has 0 aliphatic rings. The Morgan fingerprint density at radius 2 is 1.79 bits per heavy atom. The molecule has 1 aromatic carbocycles. The number of rotatable bonds is 3. The lowest BCUT2D eigenvalue weighted by atomic mass is 10.0. The van der Waals surface area contributed by atoms with Crippen LogP contribution in [0.2, 0.25) is 0 Å². The Morgan fingerprint density at radius 1 is 1.16 bits per heavy atom. The summed E-state index contributed by atoms with van der Waals surface area (Å²) in [6, 6.07) is 9.22. The van der Waals surface area contributed by atoms with Crippen LogP contribution >= 0.6 is 0 Å². The summed E-state index contributed by atoms with van der Waals surface area (Å²) in [4.78, 5) is 11.7. The van der Waals surface area contributed by atoms with Crippen LogP contribution in [0.5, 0.6) is 0 Å². The van der Waals surface area contributed by atoms with Gasteiger partial charge in [-0.2, -0.15) is 5.10 Å². The molecule has 4 nitrogen and oxygen atoms in total. The predicted molar refractivity (Wildman–Crippen MR) is 76.1 cm³/mol. The molecule has 0 radical (unpaired) electrons. The van der Waals surface area contributed by atoms with Crippen LogP contribution in [-0.2, 0) is 6.54 Å². The minimum absolute atomic E-state index is 0.120. The Kier molecular flexibility index (Phi) is 3.81. The zero-order chi connectivity index (χ0) is 14.0. The predicted octanol–water partition coefficient (Wildman–Crippen LogP) is 1.87. The van der Waals surface area contributed by atoms with Crippen LogP contribution < -0.4 is 11.3 Å². The van der Waals surface area contributed by atoms with Crippen molar-refractivity contribution < 1.29 is 0 Å². The number of benzene rings is 1. The van der Waals surface area contributed by atoms with Gasteiger partial charge in [-0.3, -0.25) is 4.79 Å². The molecule has 2 aromatic rings. The fraction of sp³-hybridized carbons (Fsp3) is 0.333. The van der Waals surface area contributed by atoms with E-state index in [-0.39, 0.29) is 11.6 Å². The molecule has 4 heteroatoms. The number of hydrogen-bond donors (Lipinski definition) is 1. The van der Waals surface area contributed by atoms with Crippen LogP contribution in [0.25, 0.3) is 0 Å². The second-order valence-corrected chi connectivity index (χ2v) is 5.02. The SMILES string of the molecule is Cc1cc(C)cc(C(N)Cn2nc(C)ccc2=O)c1. The highest BCUT2D eigenvalue weighted by Gasteiger charge is 2.09. The quantitative estimate of drug-likeness (QED) is 0.913. The highest BCUT2D eigenvalue weighted by Crippen LogP contribution is 2.16. The third kappa shape index (κ3) is 3.29. The molecule has 2 N–H and O–H groups in total. The van der Waals surface area contributed by atoms with Gasteiger partial charge in [0.05, 0.1) is 12.2 Å². The van der Waals surface area contributed by atoms with Gasteiger partial charge < -0.3 is 5.73 Å². The Balaban J connectivity index is 2.27. The van der Waals surface area contributed by atoms with Gasteiger partial charge in [0.1, 0.15) is 0 Å². The van der Waals surface area contributed by atoms with Crippen molar-refractivity contribution in [1.82, 2.24) is 9.78 Å². The van der Waals surface area contributed by atoms with E-state index in [0.29, 0.717) is 6.54 Å². The number of nitrogens with zero attached hydrogens (tertiary/aromatic N) is 2. The average molecular weight is 257 g/mol. The van der Waals surface area contributed by atoms with Crippen molar-refractivity contribution in [3.63, 3.8) is 0 Å². The smallest absolute Gasteiger partial charge is 0.266 e. The summed E-state index contributed by atoms with van der Waals surface area (Å²) in [6.45, 7) is 6.34. The summed E-state index contributed by atoms with van der Waals surface area (Å²) >= 11 is 0. The van der Waals surface area contributed by atoms with E-state index < -0.39 is 0 Å². The second-order valence-electron chi connectivity index (χ2n) is 5.02. The minimum atomic E-state index is -0.231. The molecule has 19 heavy (non-hydrogen) atoms. The molecule has 1 unspecified atom stereocenters. The molecule has 0 bridgehead atoms. The minimum Gasteiger partial charge on any atom is -0.322 e. The Hall–Kier alpha value is -1.94. The molecule has 1 aromatic heterocycles.